The quantitative estimate of drug-likeness (QED) is 0.804. The molecule has 2 rings (SSSR count). The summed E-state index contributed by atoms with van der Waals surface area (Å²) in [7, 11) is 0. The summed E-state index contributed by atoms with van der Waals surface area (Å²) in [4.78, 5) is 12.2. The molecule has 1 saturated heterocycles. The fourth-order valence-corrected chi connectivity index (χ4v) is 3.09. The van der Waals surface area contributed by atoms with Gasteiger partial charge in [0.05, 0.1) is 0 Å². The van der Waals surface area contributed by atoms with E-state index in [4.69, 9.17) is 5.73 Å². The zero-order chi connectivity index (χ0) is 12.8. The molecule has 0 bridgehead atoms. The van der Waals surface area contributed by atoms with Crippen molar-refractivity contribution < 1.29 is 4.79 Å². The van der Waals surface area contributed by atoms with Crippen molar-refractivity contribution in [1.82, 2.24) is 10.4 Å². The Morgan fingerprint density at radius 2 is 1.67 bits per heavy atom. The fourth-order valence-electron chi connectivity index (χ4n) is 3.09. The summed E-state index contributed by atoms with van der Waals surface area (Å²) in [5, 5.41) is 2.13. The van der Waals surface area contributed by atoms with Crippen LogP contribution in [0, 0.1) is 11.8 Å². The summed E-state index contributed by atoms with van der Waals surface area (Å²) in [6.45, 7) is 2.81. The molecule has 3 N–H and O–H groups in total. The van der Waals surface area contributed by atoms with Gasteiger partial charge < -0.3 is 5.73 Å². The molecule has 4 heteroatoms. The molecule has 1 saturated carbocycles. The number of rotatable bonds is 3. The molecule has 0 spiro atoms. The zero-order valence-corrected chi connectivity index (χ0v) is 11.4. The van der Waals surface area contributed by atoms with Crippen molar-refractivity contribution in [1.29, 1.82) is 0 Å². The minimum absolute atomic E-state index is 0.219. The van der Waals surface area contributed by atoms with Gasteiger partial charge in [-0.1, -0.05) is 12.8 Å². The average Bonchev–Trinajstić information content (AvgIpc) is 2.67. The molecule has 0 aromatic heterocycles. The molecular weight excluding hydrogens is 226 g/mol. The molecular formula is C14H27N3O. The maximum absolute atomic E-state index is 12.2. The SMILES string of the molecule is NCC1CCC(C(=O)NN2CCCCCC2)CC1. The highest BCUT2D eigenvalue weighted by molar-refractivity contribution is 5.78. The first-order valence-corrected chi connectivity index (χ1v) is 7.55. The van der Waals surface area contributed by atoms with Gasteiger partial charge in [0.2, 0.25) is 5.91 Å². The van der Waals surface area contributed by atoms with Gasteiger partial charge in [-0.25, -0.2) is 5.01 Å². The average molecular weight is 253 g/mol. The number of nitrogens with two attached hydrogens (primary N) is 1. The second-order valence-corrected chi connectivity index (χ2v) is 5.83. The Hall–Kier alpha value is -0.610. The van der Waals surface area contributed by atoms with E-state index in [9.17, 15) is 4.79 Å². The zero-order valence-electron chi connectivity index (χ0n) is 11.4. The van der Waals surface area contributed by atoms with Crippen molar-refractivity contribution in [2.75, 3.05) is 19.6 Å². The highest BCUT2D eigenvalue weighted by atomic mass is 16.2. The lowest BCUT2D eigenvalue weighted by Gasteiger charge is -2.29. The van der Waals surface area contributed by atoms with E-state index in [1.54, 1.807) is 0 Å². The Labute approximate surface area is 110 Å². The molecule has 1 aliphatic heterocycles. The molecule has 0 radical (unpaired) electrons. The van der Waals surface area contributed by atoms with Crippen molar-refractivity contribution in [3.8, 4) is 0 Å². The van der Waals surface area contributed by atoms with Crippen LogP contribution in [0.1, 0.15) is 51.4 Å². The first-order valence-electron chi connectivity index (χ1n) is 7.55. The van der Waals surface area contributed by atoms with E-state index in [-0.39, 0.29) is 11.8 Å². The molecule has 104 valence electrons. The minimum Gasteiger partial charge on any atom is -0.330 e. The third kappa shape index (κ3) is 3.95. The molecule has 1 amide bonds. The summed E-state index contributed by atoms with van der Waals surface area (Å²) in [6, 6.07) is 0. The molecule has 4 nitrogen and oxygen atoms in total. The third-order valence-corrected chi connectivity index (χ3v) is 4.43. The van der Waals surface area contributed by atoms with Gasteiger partial charge in [0.15, 0.2) is 0 Å². The van der Waals surface area contributed by atoms with Crippen molar-refractivity contribution >= 4 is 5.91 Å². The monoisotopic (exact) mass is 253 g/mol. The van der Waals surface area contributed by atoms with Gasteiger partial charge in [0.25, 0.3) is 0 Å². The Bertz CT molecular complexity index is 254. The first-order chi connectivity index (χ1) is 8.79. The molecule has 1 heterocycles. The van der Waals surface area contributed by atoms with Gasteiger partial charge in [0, 0.05) is 19.0 Å². The molecule has 1 aliphatic carbocycles. The van der Waals surface area contributed by atoms with E-state index in [0.29, 0.717) is 5.92 Å². The van der Waals surface area contributed by atoms with E-state index in [2.05, 4.69) is 10.4 Å². The first kappa shape index (κ1) is 13.8. The second-order valence-electron chi connectivity index (χ2n) is 5.83. The summed E-state index contributed by atoms with van der Waals surface area (Å²) in [6.07, 6.45) is 9.29. The molecule has 0 atom stereocenters. The number of nitrogens with one attached hydrogen (secondary N) is 1. The van der Waals surface area contributed by atoms with Crippen molar-refractivity contribution in [2.24, 2.45) is 17.6 Å². The van der Waals surface area contributed by atoms with Crippen LogP contribution in [0.4, 0.5) is 0 Å². The van der Waals surface area contributed by atoms with E-state index < -0.39 is 0 Å². The summed E-state index contributed by atoms with van der Waals surface area (Å²) >= 11 is 0. The van der Waals surface area contributed by atoms with Crippen molar-refractivity contribution in [3.63, 3.8) is 0 Å². The van der Waals surface area contributed by atoms with Crippen LogP contribution >= 0.6 is 0 Å². The van der Waals surface area contributed by atoms with Crippen molar-refractivity contribution in [2.45, 2.75) is 51.4 Å². The van der Waals surface area contributed by atoms with Crippen molar-refractivity contribution in [3.05, 3.63) is 0 Å². The molecule has 2 aliphatic rings. The van der Waals surface area contributed by atoms with Crippen LogP contribution in [0.5, 0.6) is 0 Å². The van der Waals surface area contributed by atoms with E-state index in [1.807, 2.05) is 0 Å². The highest BCUT2D eigenvalue weighted by Gasteiger charge is 2.26. The van der Waals surface area contributed by atoms with E-state index in [1.165, 1.54) is 25.7 Å². The third-order valence-electron chi connectivity index (χ3n) is 4.43. The Kier molecular flexibility index (Phi) is 5.45. The van der Waals surface area contributed by atoms with E-state index in [0.717, 1.165) is 45.3 Å². The Morgan fingerprint density at radius 3 is 2.22 bits per heavy atom. The van der Waals surface area contributed by atoms with Crippen LogP contribution in [-0.4, -0.2) is 30.6 Å². The van der Waals surface area contributed by atoms with Crippen LogP contribution in [0.2, 0.25) is 0 Å². The fraction of sp³-hybridized carbons (Fsp3) is 0.929. The molecule has 18 heavy (non-hydrogen) atoms. The predicted molar refractivity (Wildman–Crippen MR) is 72.7 cm³/mol. The highest BCUT2D eigenvalue weighted by Crippen LogP contribution is 2.28. The normalized spacial score (nSPS) is 30.7. The standard InChI is InChI=1S/C14H27N3O/c15-11-12-5-7-13(8-6-12)14(18)16-17-9-3-1-2-4-10-17/h12-13H,1-11,15H2,(H,16,18). The number of carbonyl (C=O) groups is 1. The van der Waals surface area contributed by atoms with Gasteiger partial charge in [-0.2, -0.15) is 0 Å². The van der Waals surface area contributed by atoms with Crippen LogP contribution in [0.3, 0.4) is 0 Å². The van der Waals surface area contributed by atoms with Crippen LogP contribution in [-0.2, 0) is 4.79 Å². The summed E-state index contributed by atoms with van der Waals surface area (Å²) < 4.78 is 0. The van der Waals surface area contributed by atoms with Gasteiger partial charge in [-0.15, -0.1) is 0 Å². The number of nitrogens with zero attached hydrogens (tertiary/aromatic N) is 1. The van der Waals surface area contributed by atoms with Gasteiger partial charge in [-0.3, -0.25) is 10.2 Å². The van der Waals surface area contributed by atoms with Crippen LogP contribution in [0.15, 0.2) is 0 Å². The van der Waals surface area contributed by atoms with Gasteiger partial charge in [0.1, 0.15) is 0 Å². The Balaban J connectivity index is 1.74. The number of carbonyl (C=O) groups excluding carboxylic acids is 1. The summed E-state index contributed by atoms with van der Waals surface area (Å²) in [5.74, 6) is 1.11. The lowest BCUT2D eigenvalue weighted by molar-refractivity contribution is -0.131. The minimum atomic E-state index is 0.219. The molecule has 0 unspecified atom stereocenters. The van der Waals surface area contributed by atoms with Crippen LogP contribution < -0.4 is 11.2 Å². The molecule has 0 aromatic carbocycles. The topological polar surface area (TPSA) is 58.4 Å². The van der Waals surface area contributed by atoms with Gasteiger partial charge in [-0.05, 0) is 51.0 Å². The largest absolute Gasteiger partial charge is 0.330 e. The van der Waals surface area contributed by atoms with E-state index >= 15 is 0 Å². The smallest absolute Gasteiger partial charge is 0.237 e. The second kappa shape index (κ2) is 7.10. The number of amides is 1. The lowest BCUT2D eigenvalue weighted by atomic mass is 9.82. The molecule has 0 aromatic rings. The predicted octanol–water partition coefficient (Wildman–Crippen LogP) is 1.66. The number of hydrogen-bond acceptors (Lipinski definition) is 3. The van der Waals surface area contributed by atoms with Crippen LogP contribution in [0.25, 0.3) is 0 Å². The number of hydrazine groups is 1. The Morgan fingerprint density at radius 1 is 1.06 bits per heavy atom. The van der Waals surface area contributed by atoms with Gasteiger partial charge >= 0.3 is 0 Å². The maximum Gasteiger partial charge on any atom is 0.237 e. The number of hydrogen-bond donors (Lipinski definition) is 2. The molecule has 2 fully saturated rings. The summed E-state index contributed by atoms with van der Waals surface area (Å²) in [5.41, 5.74) is 8.81. The lowest BCUT2D eigenvalue weighted by Crippen LogP contribution is -2.46. The maximum atomic E-state index is 12.2.